The molecule has 0 bridgehead atoms. The van der Waals surface area contributed by atoms with Gasteiger partial charge in [0.2, 0.25) is 5.79 Å². The average Bonchev–Trinajstić information content (AvgIpc) is 3.32. The molecule has 2 heterocycles. The predicted molar refractivity (Wildman–Crippen MR) is 119 cm³/mol. The highest BCUT2D eigenvalue weighted by molar-refractivity contribution is 5.93. The maximum absolute atomic E-state index is 14.3. The van der Waals surface area contributed by atoms with Gasteiger partial charge < -0.3 is 18.9 Å². The summed E-state index contributed by atoms with van der Waals surface area (Å²) in [4.78, 5) is 14.3. The first-order valence-electron chi connectivity index (χ1n) is 12.3. The molecule has 6 unspecified atom stereocenters. The second-order valence-corrected chi connectivity index (χ2v) is 11.3. The first kappa shape index (κ1) is 23.4. The molecule has 0 N–H and O–H groups in total. The molecular weight excluding hydrogens is 392 g/mol. The fourth-order valence-electron chi connectivity index (χ4n) is 7.72. The molecule has 5 heteroatoms. The third-order valence-electron chi connectivity index (χ3n) is 9.10. The summed E-state index contributed by atoms with van der Waals surface area (Å²) >= 11 is 0. The molecule has 176 valence electrons. The Kier molecular flexibility index (Phi) is 6.22. The Morgan fingerprint density at radius 2 is 1.84 bits per heavy atom. The summed E-state index contributed by atoms with van der Waals surface area (Å²) in [7, 11) is 1.67. The van der Waals surface area contributed by atoms with E-state index in [-0.39, 0.29) is 23.0 Å². The molecule has 5 nitrogen and oxygen atoms in total. The lowest BCUT2D eigenvalue weighted by atomic mass is 9.43. The number of ether oxygens (including phenoxy) is 4. The highest BCUT2D eigenvalue weighted by Crippen LogP contribution is 2.68. The van der Waals surface area contributed by atoms with Gasteiger partial charge in [-0.15, -0.1) is 0 Å². The first-order chi connectivity index (χ1) is 14.6. The van der Waals surface area contributed by atoms with Crippen molar-refractivity contribution in [1.82, 2.24) is 0 Å². The largest absolute Gasteiger partial charge is 0.348 e. The number of ketones is 1. The molecule has 0 aromatic rings. The Hall–Kier alpha value is -0.750. The van der Waals surface area contributed by atoms with Gasteiger partial charge in [-0.2, -0.15) is 0 Å². The molecular formula is C26H42O5. The van der Waals surface area contributed by atoms with E-state index in [0.717, 1.165) is 38.5 Å². The number of hydrogen-bond acceptors (Lipinski definition) is 5. The van der Waals surface area contributed by atoms with Crippen LogP contribution in [-0.4, -0.2) is 44.3 Å². The number of hydrogen-bond donors (Lipinski definition) is 0. The molecule has 4 fully saturated rings. The zero-order valence-electron chi connectivity index (χ0n) is 20.4. The van der Waals surface area contributed by atoms with Crippen molar-refractivity contribution in [2.45, 2.75) is 91.1 Å². The monoisotopic (exact) mass is 434 g/mol. The quantitative estimate of drug-likeness (QED) is 0.511. The van der Waals surface area contributed by atoms with Gasteiger partial charge >= 0.3 is 0 Å². The number of allylic oxidation sites excluding steroid dienone is 2. The second kappa shape index (κ2) is 8.23. The highest BCUT2D eigenvalue weighted by atomic mass is 16.7. The van der Waals surface area contributed by atoms with Crippen LogP contribution in [0.5, 0.6) is 0 Å². The van der Waals surface area contributed by atoms with Crippen LogP contribution in [0.25, 0.3) is 0 Å². The van der Waals surface area contributed by atoms with Gasteiger partial charge in [0.25, 0.3) is 0 Å². The van der Waals surface area contributed by atoms with Crippen molar-refractivity contribution >= 4 is 5.78 Å². The van der Waals surface area contributed by atoms with Gasteiger partial charge in [0.05, 0.1) is 19.8 Å². The van der Waals surface area contributed by atoms with E-state index in [9.17, 15) is 4.79 Å². The Morgan fingerprint density at radius 3 is 2.48 bits per heavy atom. The van der Waals surface area contributed by atoms with E-state index in [1.54, 1.807) is 7.11 Å². The van der Waals surface area contributed by atoms with Gasteiger partial charge in [-0.1, -0.05) is 31.9 Å². The molecule has 31 heavy (non-hydrogen) atoms. The highest BCUT2D eigenvalue weighted by Gasteiger charge is 2.73. The normalized spacial score (nSPS) is 43.7. The van der Waals surface area contributed by atoms with Crippen LogP contribution in [0.2, 0.25) is 0 Å². The van der Waals surface area contributed by atoms with Crippen molar-refractivity contribution in [2.24, 2.45) is 28.6 Å². The third-order valence-corrected chi connectivity index (χ3v) is 9.10. The lowest BCUT2D eigenvalue weighted by molar-refractivity contribution is -0.268. The Morgan fingerprint density at radius 1 is 1.13 bits per heavy atom. The molecule has 2 saturated heterocycles. The van der Waals surface area contributed by atoms with Gasteiger partial charge in [0.15, 0.2) is 11.6 Å². The van der Waals surface area contributed by atoms with Crippen LogP contribution in [-0.2, 0) is 23.7 Å². The zero-order chi connectivity index (χ0) is 22.5. The summed E-state index contributed by atoms with van der Waals surface area (Å²) < 4.78 is 24.2. The van der Waals surface area contributed by atoms with Crippen LogP contribution in [0.4, 0.5) is 0 Å². The Labute approximate surface area is 188 Å². The zero-order valence-corrected chi connectivity index (χ0v) is 20.4. The number of carbonyl (C=O) groups is 1. The molecule has 2 saturated carbocycles. The minimum atomic E-state index is -1.08. The van der Waals surface area contributed by atoms with E-state index in [1.165, 1.54) is 12.0 Å². The summed E-state index contributed by atoms with van der Waals surface area (Å²) in [6.07, 6.45) is 9.16. The molecule has 0 aromatic carbocycles. The van der Waals surface area contributed by atoms with Crippen LogP contribution >= 0.6 is 0 Å². The Balaban J connectivity index is 1.73. The molecule has 0 radical (unpaired) electrons. The average molecular weight is 435 g/mol. The summed E-state index contributed by atoms with van der Waals surface area (Å²) in [5.41, 5.74) is 0.788. The van der Waals surface area contributed by atoms with Crippen LogP contribution in [0, 0.1) is 28.6 Å². The number of methoxy groups -OCH3 is 1. The topological polar surface area (TPSA) is 54.0 Å². The first-order valence-corrected chi connectivity index (χ1v) is 12.3. The lowest BCUT2D eigenvalue weighted by Gasteiger charge is -2.62. The molecule has 0 amide bonds. The summed E-state index contributed by atoms with van der Waals surface area (Å²) in [6.45, 7) is 12.8. The molecule has 0 aromatic heterocycles. The van der Waals surface area contributed by atoms with Gasteiger partial charge in [0.1, 0.15) is 0 Å². The van der Waals surface area contributed by atoms with Crippen molar-refractivity contribution in [3.05, 3.63) is 11.6 Å². The fourth-order valence-corrected chi connectivity index (χ4v) is 7.72. The minimum Gasteiger partial charge on any atom is -0.348 e. The van der Waals surface area contributed by atoms with E-state index in [4.69, 9.17) is 18.9 Å². The fraction of sp³-hybridized carbons (Fsp3) is 0.885. The van der Waals surface area contributed by atoms with Crippen LogP contribution in [0.3, 0.4) is 0 Å². The van der Waals surface area contributed by atoms with E-state index in [1.807, 2.05) is 0 Å². The van der Waals surface area contributed by atoms with E-state index >= 15 is 0 Å². The smallest absolute Gasteiger partial charge is 0.233 e. The maximum atomic E-state index is 14.3. The molecule has 4 rings (SSSR count). The molecule has 6 atom stereocenters. The van der Waals surface area contributed by atoms with Crippen molar-refractivity contribution in [2.75, 3.05) is 26.9 Å². The molecule has 4 aliphatic rings. The van der Waals surface area contributed by atoms with Crippen molar-refractivity contribution in [1.29, 1.82) is 0 Å². The summed E-state index contributed by atoms with van der Waals surface area (Å²) in [6, 6.07) is 0. The summed E-state index contributed by atoms with van der Waals surface area (Å²) in [5, 5.41) is 0. The lowest BCUT2D eigenvalue weighted by Crippen LogP contribution is -2.68. The van der Waals surface area contributed by atoms with Gasteiger partial charge in [0, 0.05) is 24.9 Å². The van der Waals surface area contributed by atoms with Crippen molar-refractivity contribution in [3.8, 4) is 0 Å². The Bertz CT molecular complexity index is 721. The van der Waals surface area contributed by atoms with Crippen molar-refractivity contribution in [3.63, 3.8) is 0 Å². The van der Waals surface area contributed by atoms with E-state index in [2.05, 4.69) is 40.7 Å². The summed E-state index contributed by atoms with van der Waals surface area (Å²) in [5.74, 6) is -0.662. The van der Waals surface area contributed by atoms with Gasteiger partial charge in [-0.25, -0.2) is 0 Å². The minimum absolute atomic E-state index is 0.00196. The molecule has 2 aliphatic heterocycles. The standard InChI is InChI=1S/C26H42O5/c1-18(2)9-7-13-24(4)20(11-14-25(5)29-15-16-30-25)23(3)12-8-10-19-17-31-26(28-6,21(19)23)22(24)27/h9,19-21H,7-8,10-17H2,1-6H3. The van der Waals surface area contributed by atoms with Crippen LogP contribution in [0.1, 0.15) is 79.6 Å². The molecule has 0 spiro atoms. The van der Waals surface area contributed by atoms with Crippen LogP contribution in [0.15, 0.2) is 11.6 Å². The maximum Gasteiger partial charge on any atom is 0.233 e. The predicted octanol–water partition coefficient (Wildman–Crippen LogP) is 5.28. The molecule has 2 aliphatic carbocycles. The number of carbonyl (C=O) groups excluding carboxylic acids is 1. The van der Waals surface area contributed by atoms with Gasteiger partial charge in [-0.05, 0) is 70.1 Å². The third kappa shape index (κ3) is 3.64. The van der Waals surface area contributed by atoms with Gasteiger partial charge in [-0.3, -0.25) is 4.79 Å². The van der Waals surface area contributed by atoms with E-state index < -0.39 is 17.0 Å². The van der Waals surface area contributed by atoms with Crippen molar-refractivity contribution < 1.29 is 23.7 Å². The van der Waals surface area contributed by atoms with E-state index in [0.29, 0.717) is 25.7 Å². The number of Topliss-reactive ketones (excluding diaryl/α,β-unsaturated/α-hetero) is 1. The SMILES string of the molecule is COC12OCC3CCCC(C)(C(CCC4(C)OCCO4)C(C)(CCC=C(C)C)C1=O)C32. The van der Waals surface area contributed by atoms with Crippen LogP contribution < -0.4 is 0 Å². The second-order valence-electron chi connectivity index (χ2n) is 11.3. The number of rotatable bonds is 7.